The van der Waals surface area contributed by atoms with E-state index < -0.39 is 16.1 Å². The molecular weight excluding hydrogens is 390 g/mol. The summed E-state index contributed by atoms with van der Waals surface area (Å²) in [6.45, 7) is 6.49. The third kappa shape index (κ3) is 6.64. The summed E-state index contributed by atoms with van der Waals surface area (Å²) in [5, 5.41) is 3.39. The van der Waals surface area contributed by atoms with E-state index in [1.54, 1.807) is 31.2 Å². The second kappa shape index (κ2) is 10.3. The quantitative estimate of drug-likeness (QED) is 0.619. The maximum absolute atomic E-state index is 12.7. The molecule has 0 unspecified atom stereocenters. The molecule has 1 saturated heterocycles. The Morgan fingerprint density at radius 1 is 1.30 bits per heavy atom. The summed E-state index contributed by atoms with van der Waals surface area (Å²) in [6.07, 6.45) is 2.28. The number of halogens is 1. The van der Waals surface area contributed by atoms with Crippen LogP contribution in [0.25, 0.3) is 0 Å². The number of morpholine rings is 1. The van der Waals surface area contributed by atoms with Gasteiger partial charge in [-0.05, 0) is 43.7 Å². The highest BCUT2D eigenvalue weighted by atomic mass is 35.5. The Hall–Kier alpha value is -1.35. The maximum Gasteiger partial charge on any atom is 0.243 e. The number of nitrogens with zero attached hydrogens (tertiary/aromatic N) is 2. The van der Waals surface area contributed by atoms with Gasteiger partial charge < -0.3 is 10.1 Å². The molecule has 0 spiro atoms. The molecule has 0 saturated carbocycles. The minimum atomic E-state index is -3.63. The molecule has 1 atom stereocenters. The third-order valence-corrected chi connectivity index (χ3v) is 5.90. The molecular formula is C18H28ClN3O4S. The van der Waals surface area contributed by atoms with Gasteiger partial charge in [0.2, 0.25) is 15.9 Å². The number of nitrogens with one attached hydrogen (secondary N) is 1. The first-order valence-electron chi connectivity index (χ1n) is 9.15. The Morgan fingerprint density at radius 2 is 1.93 bits per heavy atom. The summed E-state index contributed by atoms with van der Waals surface area (Å²) in [4.78, 5) is 15.0. The van der Waals surface area contributed by atoms with Crippen molar-refractivity contribution >= 4 is 33.2 Å². The Labute approximate surface area is 166 Å². The van der Waals surface area contributed by atoms with Gasteiger partial charge in [-0.3, -0.25) is 14.0 Å². The fraction of sp³-hybridized carbons (Fsp3) is 0.611. The van der Waals surface area contributed by atoms with Crippen molar-refractivity contribution in [2.24, 2.45) is 0 Å². The van der Waals surface area contributed by atoms with Crippen LogP contribution in [0.1, 0.15) is 19.8 Å². The van der Waals surface area contributed by atoms with E-state index in [2.05, 4.69) is 10.2 Å². The zero-order chi connectivity index (χ0) is 19.9. The second-order valence-corrected chi connectivity index (χ2v) is 8.85. The molecule has 0 bridgehead atoms. The van der Waals surface area contributed by atoms with Gasteiger partial charge in [-0.25, -0.2) is 8.42 Å². The van der Waals surface area contributed by atoms with Gasteiger partial charge >= 0.3 is 0 Å². The number of hydrogen-bond acceptors (Lipinski definition) is 5. The summed E-state index contributed by atoms with van der Waals surface area (Å²) in [6, 6.07) is 5.64. The van der Waals surface area contributed by atoms with Gasteiger partial charge in [-0.15, -0.1) is 0 Å². The van der Waals surface area contributed by atoms with Crippen LogP contribution in [0.15, 0.2) is 24.3 Å². The third-order valence-electron chi connectivity index (χ3n) is 4.46. The van der Waals surface area contributed by atoms with Gasteiger partial charge in [-0.2, -0.15) is 0 Å². The first kappa shape index (κ1) is 21.9. The number of rotatable bonds is 9. The normalized spacial score (nSPS) is 16.7. The van der Waals surface area contributed by atoms with Crippen LogP contribution in [0.5, 0.6) is 0 Å². The van der Waals surface area contributed by atoms with Gasteiger partial charge in [0.05, 0.1) is 25.2 Å². The predicted molar refractivity (Wildman–Crippen MR) is 108 cm³/mol. The van der Waals surface area contributed by atoms with E-state index in [1.165, 1.54) is 4.31 Å². The van der Waals surface area contributed by atoms with Gasteiger partial charge in [0.1, 0.15) is 6.04 Å². The Balaban J connectivity index is 1.98. The Kier molecular flexibility index (Phi) is 8.34. The number of benzene rings is 1. The Bertz CT molecular complexity index is 706. The van der Waals surface area contributed by atoms with E-state index in [4.69, 9.17) is 16.3 Å². The maximum atomic E-state index is 12.7. The van der Waals surface area contributed by atoms with Crippen LogP contribution in [0.3, 0.4) is 0 Å². The summed E-state index contributed by atoms with van der Waals surface area (Å²) in [5.74, 6) is -0.292. The first-order chi connectivity index (χ1) is 12.8. The molecule has 27 heavy (non-hydrogen) atoms. The fourth-order valence-corrected chi connectivity index (χ4v) is 4.44. The van der Waals surface area contributed by atoms with Crippen LogP contribution in [0.4, 0.5) is 5.69 Å². The lowest BCUT2D eigenvalue weighted by atomic mass is 10.2. The van der Waals surface area contributed by atoms with Crippen LogP contribution in [-0.4, -0.2) is 70.9 Å². The summed E-state index contributed by atoms with van der Waals surface area (Å²) in [5.41, 5.74) is 0.428. The van der Waals surface area contributed by atoms with Gasteiger partial charge in [0, 0.05) is 24.7 Å². The van der Waals surface area contributed by atoms with Crippen molar-refractivity contribution in [3.63, 3.8) is 0 Å². The zero-order valence-corrected chi connectivity index (χ0v) is 17.4. The number of hydrogen-bond donors (Lipinski definition) is 1. The van der Waals surface area contributed by atoms with Crippen molar-refractivity contribution in [3.05, 3.63) is 29.3 Å². The van der Waals surface area contributed by atoms with Crippen LogP contribution in [0, 0.1) is 0 Å². The highest BCUT2D eigenvalue weighted by molar-refractivity contribution is 7.92. The van der Waals surface area contributed by atoms with Crippen molar-refractivity contribution in [2.75, 3.05) is 50.0 Å². The fourth-order valence-electron chi connectivity index (χ4n) is 3.11. The molecule has 1 aromatic rings. The van der Waals surface area contributed by atoms with Gasteiger partial charge in [0.25, 0.3) is 0 Å². The van der Waals surface area contributed by atoms with E-state index in [-0.39, 0.29) is 5.91 Å². The summed E-state index contributed by atoms with van der Waals surface area (Å²) in [7, 11) is -3.63. The molecule has 1 aliphatic rings. The largest absolute Gasteiger partial charge is 0.379 e. The number of amides is 1. The van der Waals surface area contributed by atoms with Crippen molar-refractivity contribution < 1.29 is 17.9 Å². The lowest BCUT2D eigenvalue weighted by Crippen LogP contribution is -2.49. The van der Waals surface area contributed by atoms with E-state index in [9.17, 15) is 13.2 Å². The van der Waals surface area contributed by atoms with Crippen molar-refractivity contribution in [1.82, 2.24) is 10.2 Å². The average Bonchev–Trinajstić information content (AvgIpc) is 2.64. The van der Waals surface area contributed by atoms with Crippen molar-refractivity contribution in [2.45, 2.75) is 25.8 Å². The van der Waals surface area contributed by atoms with Crippen molar-refractivity contribution in [3.8, 4) is 0 Å². The number of ether oxygens (including phenoxy) is 1. The molecule has 1 aliphatic heterocycles. The predicted octanol–water partition coefficient (Wildman–Crippen LogP) is 1.72. The Morgan fingerprint density at radius 3 is 2.48 bits per heavy atom. The molecule has 1 N–H and O–H groups in total. The lowest BCUT2D eigenvalue weighted by molar-refractivity contribution is -0.122. The van der Waals surface area contributed by atoms with E-state index in [0.717, 1.165) is 45.5 Å². The van der Waals surface area contributed by atoms with Crippen LogP contribution < -0.4 is 9.62 Å². The summed E-state index contributed by atoms with van der Waals surface area (Å²) < 4.78 is 31.2. The molecule has 0 aliphatic carbocycles. The van der Waals surface area contributed by atoms with Crippen LogP contribution in [0.2, 0.25) is 5.02 Å². The molecule has 0 radical (unpaired) electrons. The molecule has 0 aromatic heterocycles. The smallest absolute Gasteiger partial charge is 0.243 e. The topological polar surface area (TPSA) is 79.0 Å². The molecule has 7 nitrogen and oxygen atoms in total. The monoisotopic (exact) mass is 417 g/mol. The molecule has 2 rings (SSSR count). The minimum Gasteiger partial charge on any atom is -0.379 e. The average molecular weight is 418 g/mol. The van der Waals surface area contributed by atoms with E-state index in [1.807, 2.05) is 0 Å². The highest BCUT2D eigenvalue weighted by Gasteiger charge is 2.31. The molecule has 152 valence electrons. The first-order valence-corrected chi connectivity index (χ1v) is 11.4. The molecule has 9 heteroatoms. The summed E-state index contributed by atoms with van der Waals surface area (Å²) >= 11 is 5.90. The zero-order valence-electron chi connectivity index (χ0n) is 15.9. The number of anilines is 1. The number of carbonyl (C=O) groups is 1. The van der Waals surface area contributed by atoms with Gasteiger partial charge in [0.15, 0.2) is 0 Å². The van der Waals surface area contributed by atoms with Crippen LogP contribution in [-0.2, 0) is 19.6 Å². The van der Waals surface area contributed by atoms with E-state index in [0.29, 0.717) is 23.7 Å². The molecule has 1 aromatic carbocycles. The molecule has 1 fully saturated rings. The molecule has 1 amide bonds. The van der Waals surface area contributed by atoms with Gasteiger partial charge in [-0.1, -0.05) is 18.5 Å². The number of sulfonamides is 1. The highest BCUT2D eigenvalue weighted by Crippen LogP contribution is 2.24. The van der Waals surface area contributed by atoms with Crippen LogP contribution >= 0.6 is 11.6 Å². The standard InChI is InChI=1S/C18H28ClN3O4S/c1-3-17(18(23)20-9-4-10-21-11-13-26-14-12-21)22(27(2,24)25)16-7-5-15(19)6-8-16/h5-8,17H,3-4,9-14H2,1-2H3,(H,20,23)/t17-/m0/s1. The minimum absolute atomic E-state index is 0.292. The van der Waals surface area contributed by atoms with Crippen molar-refractivity contribution in [1.29, 1.82) is 0 Å². The number of carbonyl (C=O) groups excluding carboxylic acids is 1. The van der Waals surface area contributed by atoms with E-state index >= 15 is 0 Å². The SMILES string of the molecule is CC[C@@H](C(=O)NCCCN1CCOCC1)N(c1ccc(Cl)cc1)S(C)(=O)=O. The second-order valence-electron chi connectivity index (χ2n) is 6.56. The molecule has 1 heterocycles. The lowest BCUT2D eigenvalue weighted by Gasteiger charge is -2.30.